The molecule has 0 fully saturated rings. The second-order valence-electron chi connectivity index (χ2n) is 5.63. The van der Waals surface area contributed by atoms with Gasteiger partial charge in [-0.3, -0.25) is 14.4 Å². The third-order valence-corrected chi connectivity index (χ3v) is 4.24. The Morgan fingerprint density at radius 1 is 0.962 bits per heavy atom. The number of carbonyl (C=O) groups is 3. The maximum atomic E-state index is 12.0. The van der Waals surface area contributed by atoms with Gasteiger partial charge in [0.2, 0.25) is 0 Å². The van der Waals surface area contributed by atoms with Crippen LogP contribution in [0.2, 0.25) is 10.0 Å². The number of amides is 1. The van der Waals surface area contributed by atoms with Gasteiger partial charge in [-0.15, -0.1) is 0 Å². The normalized spacial score (nSPS) is 10.3. The predicted molar refractivity (Wildman–Crippen MR) is 101 cm³/mol. The highest BCUT2D eigenvalue weighted by Crippen LogP contribution is 2.24. The smallest absolute Gasteiger partial charge is 0.306 e. The summed E-state index contributed by atoms with van der Waals surface area (Å²) in [6.45, 7) is 1.48. The van der Waals surface area contributed by atoms with E-state index in [4.69, 9.17) is 27.9 Å². The maximum Gasteiger partial charge on any atom is 0.306 e. The number of hydrogen-bond donors (Lipinski definition) is 1. The van der Waals surface area contributed by atoms with Gasteiger partial charge in [-0.1, -0.05) is 53.0 Å². The Labute approximate surface area is 161 Å². The highest BCUT2D eigenvalue weighted by atomic mass is 35.5. The van der Waals surface area contributed by atoms with Gasteiger partial charge in [-0.05, 0) is 25.1 Å². The molecule has 0 atom stereocenters. The molecule has 136 valence electrons. The summed E-state index contributed by atoms with van der Waals surface area (Å²) in [7, 11) is 0. The minimum absolute atomic E-state index is 0.0241. The van der Waals surface area contributed by atoms with Crippen LogP contribution in [-0.4, -0.2) is 24.3 Å². The summed E-state index contributed by atoms with van der Waals surface area (Å²) in [4.78, 5) is 35.5. The van der Waals surface area contributed by atoms with Crippen LogP contribution >= 0.6 is 23.2 Å². The van der Waals surface area contributed by atoms with Crippen molar-refractivity contribution in [2.45, 2.75) is 19.8 Å². The summed E-state index contributed by atoms with van der Waals surface area (Å²) in [5, 5.41) is 3.21. The Bertz CT molecular complexity index is 819. The van der Waals surface area contributed by atoms with Crippen molar-refractivity contribution in [3.63, 3.8) is 0 Å². The fourth-order valence-electron chi connectivity index (χ4n) is 2.09. The summed E-state index contributed by atoms with van der Waals surface area (Å²) in [6.07, 6.45) is -0.0664. The zero-order valence-electron chi connectivity index (χ0n) is 14.1. The SMILES string of the molecule is Cc1ccc(C(=O)CCC(=O)OCC(=O)Nc2ccc(Cl)c(Cl)c2)cc1. The molecule has 2 rings (SSSR count). The first-order chi connectivity index (χ1) is 12.3. The Kier molecular flexibility index (Phi) is 7.18. The van der Waals surface area contributed by atoms with E-state index in [1.54, 1.807) is 24.3 Å². The van der Waals surface area contributed by atoms with Gasteiger partial charge < -0.3 is 10.1 Å². The molecule has 0 bridgehead atoms. The van der Waals surface area contributed by atoms with Crippen LogP contribution in [-0.2, 0) is 14.3 Å². The standard InChI is InChI=1S/C19H17Cl2NO4/c1-12-2-4-13(5-3-12)17(23)8-9-19(25)26-11-18(24)22-14-6-7-15(20)16(21)10-14/h2-7,10H,8-9,11H2,1H3,(H,22,24). The zero-order valence-corrected chi connectivity index (χ0v) is 15.6. The van der Waals surface area contributed by atoms with E-state index in [1.807, 2.05) is 19.1 Å². The van der Waals surface area contributed by atoms with Crippen molar-refractivity contribution in [2.24, 2.45) is 0 Å². The van der Waals surface area contributed by atoms with Crippen LogP contribution in [0.1, 0.15) is 28.8 Å². The summed E-state index contributed by atoms with van der Waals surface area (Å²) in [6, 6.07) is 11.7. The second-order valence-corrected chi connectivity index (χ2v) is 6.44. The molecule has 1 N–H and O–H groups in total. The van der Waals surface area contributed by atoms with Crippen LogP contribution in [0, 0.1) is 6.92 Å². The number of hydrogen-bond acceptors (Lipinski definition) is 4. The van der Waals surface area contributed by atoms with Crippen LogP contribution in [0.3, 0.4) is 0 Å². The topological polar surface area (TPSA) is 72.5 Å². The van der Waals surface area contributed by atoms with E-state index in [-0.39, 0.29) is 18.6 Å². The molecule has 0 saturated heterocycles. The van der Waals surface area contributed by atoms with Crippen molar-refractivity contribution in [1.82, 2.24) is 0 Å². The molecule has 0 aromatic heterocycles. The third kappa shape index (κ3) is 6.17. The summed E-state index contributed by atoms with van der Waals surface area (Å²) >= 11 is 11.6. The van der Waals surface area contributed by atoms with Gasteiger partial charge in [0.1, 0.15) is 0 Å². The summed E-state index contributed by atoms with van der Waals surface area (Å²) < 4.78 is 4.87. The molecule has 0 aliphatic carbocycles. The van der Waals surface area contributed by atoms with Crippen molar-refractivity contribution in [3.8, 4) is 0 Å². The van der Waals surface area contributed by atoms with E-state index >= 15 is 0 Å². The Morgan fingerprint density at radius 3 is 2.31 bits per heavy atom. The number of esters is 1. The first kappa shape index (κ1) is 19.9. The quantitative estimate of drug-likeness (QED) is 0.557. The molecule has 26 heavy (non-hydrogen) atoms. The Hall–Kier alpha value is -2.37. The lowest BCUT2D eigenvalue weighted by atomic mass is 10.1. The molecule has 5 nitrogen and oxygen atoms in total. The number of aryl methyl sites for hydroxylation is 1. The van der Waals surface area contributed by atoms with E-state index in [0.29, 0.717) is 21.3 Å². The molecule has 0 heterocycles. The van der Waals surface area contributed by atoms with E-state index in [9.17, 15) is 14.4 Å². The van der Waals surface area contributed by atoms with Gasteiger partial charge in [0.25, 0.3) is 5.91 Å². The largest absolute Gasteiger partial charge is 0.456 e. The number of anilines is 1. The van der Waals surface area contributed by atoms with Gasteiger partial charge in [0.15, 0.2) is 12.4 Å². The lowest BCUT2D eigenvalue weighted by molar-refractivity contribution is -0.147. The molecule has 0 aliphatic heterocycles. The highest BCUT2D eigenvalue weighted by Gasteiger charge is 2.12. The van der Waals surface area contributed by atoms with Crippen molar-refractivity contribution in [2.75, 3.05) is 11.9 Å². The number of nitrogens with one attached hydrogen (secondary N) is 1. The fourth-order valence-corrected chi connectivity index (χ4v) is 2.39. The van der Waals surface area contributed by atoms with E-state index in [0.717, 1.165) is 5.56 Å². The number of benzene rings is 2. The highest BCUT2D eigenvalue weighted by molar-refractivity contribution is 6.42. The average molecular weight is 394 g/mol. The molecule has 0 radical (unpaired) electrons. The number of rotatable bonds is 7. The average Bonchev–Trinajstić information content (AvgIpc) is 2.61. The minimum Gasteiger partial charge on any atom is -0.456 e. The number of ether oxygens (including phenoxy) is 1. The molecule has 0 saturated carbocycles. The van der Waals surface area contributed by atoms with E-state index < -0.39 is 18.5 Å². The molecule has 1 amide bonds. The fraction of sp³-hybridized carbons (Fsp3) is 0.211. The van der Waals surface area contributed by atoms with Gasteiger partial charge in [-0.25, -0.2) is 0 Å². The molecule has 0 unspecified atom stereocenters. The van der Waals surface area contributed by atoms with Crippen LogP contribution < -0.4 is 5.32 Å². The minimum atomic E-state index is -0.616. The molecular weight excluding hydrogens is 377 g/mol. The maximum absolute atomic E-state index is 12.0. The predicted octanol–water partition coefficient (Wildman–Crippen LogP) is 4.45. The number of carbonyl (C=O) groups excluding carboxylic acids is 3. The van der Waals surface area contributed by atoms with Crippen molar-refractivity contribution in [3.05, 3.63) is 63.6 Å². The number of halogens is 2. The monoisotopic (exact) mass is 393 g/mol. The lowest BCUT2D eigenvalue weighted by Crippen LogP contribution is -2.21. The Morgan fingerprint density at radius 2 is 1.65 bits per heavy atom. The van der Waals surface area contributed by atoms with Crippen LogP contribution in [0.5, 0.6) is 0 Å². The number of ketones is 1. The van der Waals surface area contributed by atoms with Gasteiger partial charge in [0, 0.05) is 17.7 Å². The molecular formula is C19H17Cl2NO4. The van der Waals surface area contributed by atoms with Gasteiger partial charge >= 0.3 is 5.97 Å². The molecule has 2 aromatic rings. The molecule has 2 aromatic carbocycles. The first-order valence-corrected chi connectivity index (χ1v) is 8.61. The molecule has 0 spiro atoms. The number of Topliss-reactive ketones (excluding diaryl/α,β-unsaturated/α-hetero) is 1. The molecule has 0 aliphatic rings. The van der Waals surface area contributed by atoms with Crippen LogP contribution in [0.25, 0.3) is 0 Å². The third-order valence-electron chi connectivity index (χ3n) is 3.50. The Balaban J connectivity index is 1.73. The van der Waals surface area contributed by atoms with Gasteiger partial charge in [0.05, 0.1) is 16.5 Å². The lowest BCUT2D eigenvalue weighted by Gasteiger charge is -2.07. The second kappa shape index (κ2) is 9.36. The van der Waals surface area contributed by atoms with Crippen LogP contribution in [0.15, 0.2) is 42.5 Å². The van der Waals surface area contributed by atoms with Crippen molar-refractivity contribution < 1.29 is 19.1 Å². The zero-order chi connectivity index (χ0) is 19.1. The van der Waals surface area contributed by atoms with E-state index in [1.165, 1.54) is 6.07 Å². The summed E-state index contributed by atoms with van der Waals surface area (Å²) in [5.74, 6) is -1.28. The summed E-state index contributed by atoms with van der Waals surface area (Å²) in [5.41, 5.74) is 2.03. The van der Waals surface area contributed by atoms with Gasteiger partial charge in [-0.2, -0.15) is 0 Å². The van der Waals surface area contributed by atoms with Crippen molar-refractivity contribution in [1.29, 1.82) is 0 Å². The molecule has 7 heteroatoms. The van der Waals surface area contributed by atoms with Crippen LogP contribution in [0.4, 0.5) is 5.69 Å². The van der Waals surface area contributed by atoms with E-state index in [2.05, 4.69) is 5.32 Å². The van der Waals surface area contributed by atoms with Crippen molar-refractivity contribution >= 4 is 46.5 Å². The first-order valence-electron chi connectivity index (χ1n) is 7.85.